The van der Waals surface area contributed by atoms with Crippen molar-refractivity contribution < 1.29 is 18.7 Å². The normalized spacial score (nSPS) is 12.4. The third-order valence-electron chi connectivity index (χ3n) is 2.82. The van der Waals surface area contributed by atoms with Crippen molar-refractivity contribution in [3.63, 3.8) is 0 Å². The lowest BCUT2D eigenvalue weighted by Crippen LogP contribution is -2.03. The van der Waals surface area contributed by atoms with Crippen molar-refractivity contribution >= 4 is 0 Å². The van der Waals surface area contributed by atoms with Crippen LogP contribution in [0.25, 0.3) is 0 Å². The first-order chi connectivity index (χ1) is 8.72. The summed E-state index contributed by atoms with van der Waals surface area (Å²) in [6.45, 7) is 0. The summed E-state index contributed by atoms with van der Waals surface area (Å²) in [6.07, 6.45) is 1.67. The number of ether oxygens (including phenoxy) is 1. The highest BCUT2D eigenvalue weighted by Gasteiger charge is 2.16. The molecule has 4 heteroatoms. The van der Waals surface area contributed by atoms with E-state index in [0.29, 0.717) is 12.8 Å². The second-order valence-corrected chi connectivity index (χ2v) is 4.00. The van der Waals surface area contributed by atoms with E-state index in [4.69, 9.17) is 9.15 Å². The molecule has 0 amide bonds. The second kappa shape index (κ2) is 5.69. The number of furan rings is 1. The van der Waals surface area contributed by atoms with Gasteiger partial charge in [-0.25, -0.2) is 4.39 Å². The fraction of sp³-hybridized carbons (Fsp3) is 0.286. The summed E-state index contributed by atoms with van der Waals surface area (Å²) in [5.41, 5.74) is 0.251. The van der Waals surface area contributed by atoms with E-state index in [9.17, 15) is 9.50 Å². The molecule has 0 aliphatic heterocycles. The summed E-state index contributed by atoms with van der Waals surface area (Å²) in [5, 5.41) is 9.98. The first-order valence-corrected chi connectivity index (χ1v) is 5.75. The van der Waals surface area contributed by atoms with Crippen molar-refractivity contribution in [2.24, 2.45) is 0 Å². The van der Waals surface area contributed by atoms with Gasteiger partial charge in [-0.15, -0.1) is 0 Å². The van der Waals surface area contributed by atoms with Crippen LogP contribution in [0.3, 0.4) is 0 Å². The molecule has 0 spiro atoms. The van der Waals surface area contributed by atoms with Crippen molar-refractivity contribution in [1.82, 2.24) is 0 Å². The molecular weight excluding hydrogens is 235 g/mol. The molecule has 0 aliphatic rings. The van der Waals surface area contributed by atoms with Crippen LogP contribution in [0.1, 0.15) is 23.8 Å². The summed E-state index contributed by atoms with van der Waals surface area (Å²) in [6, 6.07) is 8.36. The van der Waals surface area contributed by atoms with Gasteiger partial charge in [-0.3, -0.25) is 0 Å². The van der Waals surface area contributed by atoms with Crippen molar-refractivity contribution in [1.29, 1.82) is 0 Å². The molecule has 1 N–H and O–H groups in total. The van der Waals surface area contributed by atoms with E-state index in [1.807, 2.05) is 6.07 Å². The number of aliphatic hydroxyl groups excluding tert-OH is 1. The number of halogens is 1. The van der Waals surface area contributed by atoms with Crippen LogP contribution in [0.15, 0.2) is 41.0 Å². The van der Waals surface area contributed by atoms with E-state index in [1.165, 1.54) is 13.2 Å². The van der Waals surface area contributed by atoms with E-state index in [0.717, 1.165) is 5.76 Å². The molecule has 1 aromatic carbocycles. The van der Waals surface area contributed by atoms with Gasteiger partial charge in [-0.1, -0.05) is 12.1 Å². The quantitative estimate of drug-likeness (QED) is 0.886. The molecule has 96 valence electrons. The zero-order valence-corrected chi connectivity index (χ0v) is 10.1. The van der Waals surface area contributed by atoms with Crippen LogP contribution in [-0.2, 0) is 6.42 Å². The van der Waals surface area contributed by atoms with Gasteiger partial charge in [-0.05, 0) is 24.6 Å². The topological polar surface area (TPSA) is 42.6 Å². The van der Waals surface area contributed by atoms with E-state index in [-0.39, 0.29) is 11.3 Å². The molecule has 0 bridgehead atoms. The molecule has 1 heterocycles. The maximum Gasteiger partial charge on any atom is 0.170 e. The van der Waals surface area contributed by atoms with Crippen molar-refractivity contribution in [3.8, 4) is 5.75 Å². The maximum absolute atomic E-state index is 13.9. The van der Waals surface area contributed by atoms with Crippen LogP contribution in [0.5, 0.6) is 5.75 Å². The third-order valence-corrected chi connectivity index (χ3v) is 2.82. The number of rotatable bonds is 5. The Morgan fingerprint density at radius 2 is 2.17 bits per heavy atom. The van der Waals surface area contributed by atoms with Crippen molar-refractivity contribution in [2.45, 2.75) is 18.9 Å². The Kier molecular flexibility index (Phi) is 3.99. The van der Waals surface area contributed by atoms with Gasteiger partial charge in [0.2, 0.25) is 0 Å². The number of hydrogen-bond donors (Lipinski definition) is 1. The van der Waals surface area contributed by atoms with Crippen LogP contribution in [-0.4, -0.2) is 12.2 Å². The fourth-order valence-electron chi connectivity index (χ4n) is 1.83. The highest BCUT2D eigenvalue weighted by atomic mass is 19.1. The van der Waals surface area contributed by atoms with Gasteiger partial charge in [-0.2, -0.15) is 0 Å². The lowest BCUT2D eigenvalue weighted by Gasteiger charge is -2.13. The van der Waals surface area contributed by atoms with Gasteiger partial charge in [0.1, 0.15) is 5.76 Å². The average Bonchev–Trinajstić information content (AvgIpc) is 2.89. The van der Waals surface area contributed by atoms with Gasteiger partial charge in [0.25, 0.3) is 0 Å². The second-order valence-electron chi connectivity index (χ2n) is 4.00. The number of benzene rings is 1. The molecule has 1 aromatic heterocycles. The van der Waals surface area contributed by atoms with Gasteiger partial charge >= 0.3 is 0 Å². The number of aryl methyl sites for hydroxylation is 1. The summed E-state index contributed by atoms with van der Waals surface area (Å²) in [7, 11) is 1.40. The molecule has 0 fully saturated rings. The summed E-state index contributed by atoms with van der Waals surface area (Å²) >= 11 is 0. The summed E-state index contributed by atoms with van der Waals surface area (Å²) < 4.78 is 23.9. The van der Waals surface area contributed by atoms with Gasteiger partial charge in [0, 0.05) is 12.0 Å². The molecule has 1 atom stereocenters. The molecule has 2 rings (SSSR count). The number of hydrogen-bond acceptors (Lipinski definition) is 3. The monoisotopic (exact) mass is 250 g/mol. The van der Waals surface area contributed by atoms with Gasteiger partial charge in [0.15, 0.2) is 11.6 Å². The van der Waals surface area contributed by atoms with Crippen LogP contribution in [0.2, 0.25) is 0 Å². The average molecular weight is 250 g/mol. The molecule has 0 saturated carbocycles. The van der Waals surface area contributed by atoms with Crippen molar-refractivity contribution in [2.75, 3.05) is 7.11 Å². The maximum atomic E-state index is 13.9. The lowest BCUT2D eigenvalue weighted by atomic mass is 10.0. The van der Waals surface area contributed by atoms with Crippen LogP contribution in [0.4, 0.5) is 4.39 Å². The Hall–Kier alpha value is -1.81. The Morgan fingerprint density at radius 1 is 1.33 bits per heavy atom. The predicted molar refractivity (Wildman–Crippen MR) is 64.9 cm³/mol. The van der Waals surface area contributed by atoms with E-state index in [1.54, 1.807) is 24.5 Å². The largest absolute Gasteiger partial charge is 0.494 e. The molecule has 18 heavy (non-hydrogen) atoms. The zero-order chi connectivity index (χ0) is 13.0. The molecule has 0 aliphatic carbocycles. The molecular formula is C14H15FO3. The lowest BCUT2D eigenvalue weighted by molar-refractivity contribution is 0.160. The van der Waals surface area contributed by atoms with Gasteiger partial charge < -0.3 is 14.3 Å². The van der Waals surface area contributed by atoms with E-state index in [2.05, 4.69) is 0 Å². The predicted octanol–water partition coefficient (Wildman–Crippen LogP) is 3.09. The van der Waals surface area contributed by atoms with Crippen LogP contribution >= 0.6 is 0 Å². The standard InChI is InChI=1S/C14H15FO3/c1-17-13-6-2-5-11(14(13)15)12(16)8-7-10-4-3-9-18-10/h2-6,9,12,16H,7-8H2,1H3. The first kappa shape index (κ1) is 12.6. The molecule has 0 saturated heterocycles. The van der Waals surface area contributed by atoms with Gasteiger partial charge in [0.05, 0.1) is 19.5 Å². The van der Waals surface area contributed by atoms with E-state index < -0.39 is 11.9 Å². The smallest absolute Gasteiger partial charge is 0.170 e. The van der Waals surface area contributed by atoms with E-state index >= 15 is 0 Å². The highest BCUT2D eigenvalue weighted by Crippen LogP contribution is 2.27. The number of aliphatic hydroxyl groups is 1. The minimum absolute atomic E-state index is 0.143. The zero-order valence-electron chi connectivity index (χ0n) is 10.1. The SMILES string of the molecule is COc1cccc(C(O)CCc2ccco2)c1F. The minimum Gasteiger partial charge on any atom is -0.494 e. The summed E-state index contributed by atoms with van der Waals surface area (Å²) in [5.74, 6) is 0.411. The Labute approximate surface area is 105 Å². The first-order valence-electron chi connectivity index (χ1n) is 5.75. The molecule has 0 radical (unpaired) electrons. The highest BCUT2D eigenvalue weighted by molar-refractivity contribution is 5.32. The molecule has 1 unspecified atom stereocenters. The van der Waals surface area contributed by atoms with Crippen LogP contribution < -0.4 is 4.74 Å². The Morgan fingerprint density at radius 3 is 2.83 bits per heavy atom. The van der Waals surface area contributed by atoms with Crippen molar-refractivity contribution in [3.05, 3.63) is 53.7 Å². The fourth-order valence-corrected chi connectivity index (χ4v) is 1.83. The summed E-state index contributed by atoms with van der Waals surface area (Å²) in [4.78, 5) is 0. The molecule has 3 nitrogen and oxygen atoms in total. The number of methoxy groups -OCH3 is 1. The van der Waals surface area contributed by atoms with Crippen LogP contribution in [0, 0.1) is 5.82 Å². The minimum atomic E-state index is -0.870. The Bertz CT molecular complexity index is 494. The molecule has 2 aromatic rings. The Balaban J connectivity index is 2.06. The third kappa shape index (κ3) is 2.71.